The lowest BCUT2D eigenvalue weighted by Crippen LogP contribution is -2.37. The van der Waals surface area contributed by atoms with Crippen molar-refractivity contribution < 1.29 is 29.4 Å². The number of aliphatic carboxylic acids is 1. The van der Waals surface area contributed by atoms with Crippen LogP contribution < -0.4 is 5.32 Å². The van der Waals surface area contributed by atoms with Crippen LogP contribution in [0.15, 0.2) is 48.5 Å². The average molecular weight is 539 g/mol. The molecule has 0 heterocycles. The monoisotopic (exact) mass is 538 g/mol. The molecular weight excluding hydrogens is 496 g/mol. The third-order valence-corrected chi connectivity index (χ3v) is 6.77. The molecule has 2 rings (SSSR count). The minimum atomic E-state index is -1.58. The summed E-state index contributed by atoms with van der Waals surface area (Å²) in [4.78, 5) is 48.8. The van der Waals surface area contributed by atoms with Gasteiger partial charge in [-0.2, -0.15) is 0 Å². The van der Waals surface area contributed by atoms with Crippen LogP contribution in [-0.4, -0.2) is 52.0 Å². The van der Waals surface area contributed by atoms with Crippen LogP contribution in [-0.2, 0) is 22.6 Å². The van der Waals surface area contributed by atoms with E-state index in [0.717, 1.165) is 12.8 Å². The summed E-state index contributed by atoms with van der Waals surface area (Å²) in [5.74, 6) is -3.89. The van der Waals surface area contributed by atoms with Crippen LogP contribution in [0.2, 0.25) is 0 Å². The highest BCUT2D eigenvalue weighted by molar-refractivity contribution is 6.31. The molecule has 212 valence electrons. The van der Waals surface area contributed by atoms with E-state index in [1.807, 2.05) is 0 Å². The molecule has 39 heavy (non-hydrogen) atoms. The molecule has 0 aliphatic rings. The second-order valence-electron chi connectivity index (χ2n) is 9.88. The minimum Gasteiger partial charge on any atom is -0.478 e. The third kappa shape index (κ3) is 11.7. The molecule has 0 aromatic heterocycles. The Bertz CT molecular complexity index is 1070. The zero-order chi connectivity index (χ0) is 28.5. The lowest BCUT2D eigenvalue weighted by molar-refractivity contribution is -0.156. The Morgan fingerprint density at radius 2 is 1.36 bits per heavy atom. The van der Waals surface area contributed by atoms with Gasteiger partial charge in [-0.1, -0.05) is 95.0 Å². The summed E-state index contributed by atoms with van der Waals surface area (Å²) < 4.78 is 0. The van der Waals surface area contributed by atoms with Gasteiger partial charge in [-0.15, -0.1) is 0 Å². The second kappa shape index (κ2) is 17.8. The standard InChI is InChI=1S/C31H42N2O6/c1-2-3-4-5-6-7-8-9-10-13-21-32-28(34)26-18-16-24(17-19-26)23-33(29(35)31(38)39)22-20-25-14-11-12-15-27(25)30(36)37/h11-12,14-19H,2-10,13,20-23H2,1H3,(H,32,34)(H,36,37)(H,38,39). The normalized spacial score (nSPS) is 10.7. The maximum atomic E-state index is 12.5. The van der Waals surface area contributed by atoms with Crippen LogP contribution in [0, 0.1) is 0 Å². The Kier molecular flexibility index (Phi) is 14.4. The van der Waals surface area contributed by atoms with Gasteiger partial charge in [0, 0.05) is 25.2 Å². The SMILES string of the molecule is CCCCCCCCCCCCNC(=O)c1ccc(CN(CCc2ccccc2C(=O)O)C(=O)C(=O)O)cc1. The van der Waals surface area contributed by atoms with Crippen LogP contribution in [0.1, 0.15) is 103 Å². The molecular formula is C31H42N2O6. The third-order valence-electron chi connectivity index (χ3n) is 6.77. The molecule has 8 nitrogen and oxygen atoms in total. The summed E-state index contributed by atoms with van der Waals surface area (Å²) in [5.41, 5.74) is 1.80. The van der Waals surface area contributed by atoms with Crippen molar-refractivity contribution in [3.63, 3.8) is 0 Å². The van der Waals surface area contributed by atoms with E-state index in [9.17, 15) is 29.4 Å². The summed E-state index contributed by atoms with van der Waals surface area (Å²) in [7, 11) is 0. The van der Waals surface area contributed by atoms with Crippen molar-refractivity contribution in [3.8, 4) is 0 Å². The molecule has 0 aliphatic carbocycles. The van der Waals surface area contributed by atoms with Crippen LogP contribution >= 0.6 is 0 Å². The van der Waals surface area contributed by atoms with Crippen molar-refractivity contribution in [1.29, 1.82) is 0 Å². The van der Waals surface area contributed by atoms with Gasteiger partial charge >= 0.3 is 17.8 Å². The highest BCUT2D eigenvalue weighted by Crippen LogP contribution is 2.14. The van der Waals surface area contributed by atoms with Crippen molar-refractivity contribution in [2.75, 3.05) is 13.1 Å². The number of carboxylic acids is 2. The Labute approximate surface area is 231 Å². The largest absolute Gasteiger partial charge is 0.478 e. The topological polar surface area (TPSA) is 124 Å². The molecule has 2 aromatic rings. The van der Waals surface area contributed by atoms with Gasteiger partial charge in [0.25, 0.3) is 5.91 Å². The van der Waals surface area contributed by atoms with Crippen molar-refractivity contribution in [2.45, 2.75) is 84.1 Å². The molecule has 3 N–H and O–H groups in total. The number of hydrogen-bond donors (Lipinski definition) is 3. The Morgan fingerprint density at radius 3 is 1.95 bits per heavy atom. The van der Waals surface area contributed by atoms with Crippen LogP contribution in [0.5, 0.6) is 0 Å². The Hall–Kier alpha value is -3.68. The molecule has 0 aliphatic heterocycles. The fourth-order valence-electron chi connectivity index (χ4n) is 4.49. The fraction of sp³-hybridized carbons (Fsp3) is 0.484. The number of benzene rings is 2. The summed E-state index contributed by atoms with van der Waals surface area (Å²) in [6, 6.07) is 13.1. The predicted octanol–water partition coefficient (Wildman–Crippen LogP) is 5.69. The predicted molar refractivity (Wildman–Crippen MR) is 151 cm³/mol. The molecule has 0 fully saturated rings. The summed E-state index contributed by atoms with van der Waals surface area (Å²) in [5, 5.41) is 21.6. The van der Waals surface area contributed by atoms with Gasteiger partial charge in [0.15, 0.2) is 0 Å². The van der Waals surface area contributed by atoms with Crippen molar-refractivity contribution in [3.05, 3.63) is 70.8 Å². The number of hydrogen-bond acceptors (Lipinski definition) is 4. The lowest BCUT2D eigenvalue weighted by atomic mass is 10.0. The quantitative estimate of drug-likeness (QED) is 0.165. The molecule has 0 saturated heterocycles. The minimum absolute atomic E-state index is 0.0286. The number of rotatable bonds is 18. The molecule has 0 radical (unpaired) electrons. The zero-order valence-electron chi connectivity index (χ0n) is 23.0. The zero-order valence-corrected chi connectivity index (χ0v) is 23.0. The van der Waals surface area contributed by atoms with E-state index >= 15 is 0 Å². The fourth-order valence-corrected chi connectivity index (χ4v) is 4.49. The summed E-state index contributed by atoms with van der Waals surface area (Å²) in [6.07, 6.45) is 12.5. The van der Waals surface area contributed by atoms with E-state index in [4.69, 9.17) is 0 Å². The number of aromatic carboxylic acids is 1. The van der Waals surface area contributed by atoms with Crippen molar-refractivity contribution in [1.82, 2.24) is 10.2 Å². The van der Waals surface area contributed by atoms with Gasteiger partial charge in [-0.05, 0) is 42.2 Å². The van der Waals surface area contributed by atoms with E-state index < -0.39 is 17.8 Å². The van der Waals surface area contributed by atoms with Crippen molar-refractivity contribution in [2.24, 2.45) is 0 Å². The Morgan fingerprint density at radius 1 is 0.769 bits per heavy atom. The van der Waals surface area contributed by atoms with Crippen molar-refractivity contribution >= 4 is 23.8 Å². The molecule has 0 bridgehead atoms. The number of amides is 2. The number of unbranched alkanes of at least 4 members (excludes halogenated alkanes) is 9. The molecule has 0 atom stereocenters. The summed E-state index contributed by atoms with van der Waals surface area (Å²) >= 11 is 0. The lowest BCUT2D eigenvalue weighted by Gasteiger charge is -2.21. The van der Waals surface area contributed by atoms with E-state index in [2.05, 4.69) is 12.2 Å². The highest BCUT2D eigenvalue weighted by atomic mass is 16.4. The number of nitrogens with one attached hydrogen (secondary N) is 1. The van der Waals surface area contributed by atoms with Crippen LogP contribution in [0.25, 0.3) is 0 Å². The summed E-state index contributed by atoms with van der Waals surface area (Å²) in [6.45, 7) is 2.92. The van der Waals surface area contributed by atoms with Crippen LogP contribution in [0.4, 0.5) is 0 Å². The van der Waals surface area contributed by atoms with E-state index in [0.29, 0.717) is 23.2 Å². The average Bonchev–Trinajstić information content (AvgIpc) is 2.93. The van der Waals surface area contributed by atoms with Gasteiger partial charge in [0.05, 0.1) is 5.56 Å². The van der Waals surface area contributed by atoms with Gasteiger partial charge in [0.2, 0.25) is 0 Å². The molecule has 0 unspecified atom stereocenters. The molecule has 0 spiro atoms. The van der Waals surface area contributed by atoms with Gasteiger partial charge < -0.3 is 20.4 Å². The smallest absolute Gasteiger partial charge is 0.394 e. The van der Waals surface area contributed by atoms with Gasteiger partial charge in [-0.25, -0.2) is 9.59 Å². The molecule has 8 heteroatoms. The first-order valence-corrected chi connectivity index (χ1v) is 14.0. The number of carbonyl (C=O) groups is 4. The highest BCUT2D eigenvalue weighted by Gasteiger charge is 2.22. The first-order chi connectivity index (χ1) is 18.8. The van der Waals surface area contributed by atoms with E-state index in [1.165, 1.54) is 62.3 Å². The number of nitrogens with zero attached hydrogens (tertiary/aromatic N) is 1. The second-order valence-corrected chi connectivity index (χ2v) is 9.88. The number of carboxylic acid groups (broad SMARTS) is 2. The maximum Gasteiger partial charge on any atom is 0.394 e. The first-order valence-electron chi connectivity index (χ1n) is 14.0. The maximum absolute atomic E-state index is 12.5. The number of carbonyl (C=O) groups excluding carboxylic acids is 2. The van der Waals surface area contributed by atoms with Gasteiger partial charge in [0.1, 0.15) is 0 Å². The molecule has 0 saturated carbocycles. The molecule has 2 amide bonds. The van der Waals surface area contributed by atoms with E-state index in [-0.39, 0.29) is 31.0 Å². The van der Waals surface area contributed by atoms with E-state index in [1.54, 1.807) is 42.5 Å². The first kappa shape index (κ1) is 31.5. The van der Waals surface area contributed by atoms with Crippen LogP contribution in [0.3, 0.4) is 0 Å². The van der Waals surface area contributed by atoms with Gasteiger partial charge in [-0.3, -0.25) is 9.59 Å². The molecule has 2 aromatic carbocycles. The Balaban J connectivity index is 1.80.